The van der Waals surface area contributed by atoms with E-state index in [1.54, 1.807) is 6.20 Å². The largest absolute Gasteiger partial charge is 0.362 e. The summed E-state index contributed by atoms with van der Waals surface area (Å²) < 4.78 is 0. The molecule has 70 valence electrons. The third kappa shape index (κ3) is 3.32. The van der Waals surface area contributed by atoms with Crippen LogP contribution in [0.25, 0.3) is 0 Å². The van der Waals surface area contributed by atoms with Gasteiger partial charge in [-0.1, -0.05) is 32.1 Å². The molecule has 1 heteroatoms. The fourth-order valence-corrected chi connectivity index (χ4v) is 1.27. The number of hydrogen-bond donors (Lipinski definition) is 1. The van der Waals surface area contributed by atoms with Crippen molar-refractivity contribution in [3.05, 3.63) is 42.6 Å². The van der Waals surface area contributed by atoms with E-state index in [0.717, 1.165) is 5.69 Å². The summed E-state index contributed by atoms with van der Waals surface area (Å²) in [5, 5.41) is 3.05. The second kappa shape index (κ2) is 5.41. The van der Waals surface area contributed by atoms with Crippen molar-refractivity contribution in [2.24, 2.45) is 0 Å². The summed E-state index contributed by atoms with van der Waals surface area (Å²) in [6, 6.07) is 8.52. The number of benzene rings is 1. The smallest absolute Gasteiger partial charge is 0.0379 e. The molecule has 1 aromatic rings. The van der Waals surface area contributed by atoms with Crippen LogP contribution in [0.5, 0.6) is 0 Å². The summed E-state index contributed by atoms with van der Waals surface area (Å²) in [7, 11) is 0. The minimum absolute atomic E-state index is 1.11. The fraction of sp³-hybridized carbons (Fsp3) is 0.333. The molecule has 0 radical (unpaired) electrons. The molecule has 0 amide bonds. The maximum Gasteiger partial charge on any atom is 0.0379 e. The first-order valence-electron chi connectivity index (χ1n) is 4.83. The van der Waals surface area contributed by atoms with Crippen molar-refractivity contribution in [2.45, 2.75) is 26.2 Å². The van der Waals surface area contributed by atoms with Gasteiger partial charge in [-0.3, -0.25) is 0 Å². The quantitative estimate of drug-likeness (QED) is 0.721. The lowest BCUT2D eigenvalue weighted by atomic mass is 10.1. The van der Waals surface area contributed by atoms with E-state index < -0.39 is 0 Å². The van der Waals surface area contributed by atoms with Crippen molar-refractivity contribution in [2.75, 3.05) is 5.32 Å². The van der Waals surface area contributed by atoms with E-state index >= 15 is 0 Å². The topological polar surface area (TPSA) is 12.0 Å². The highest BCUT2D eigenvalue weighted by atomic mass is 14.8. The number of nitrogens with one attached hydrogen (secondary N) is 1. The van der Waals surface area contributed by atoms with Gasteiger partial charge in [0.15, 0.2) is 0 Å². The van der Waals surface area contributed by atoms with Crippen molar-refractivity contribution in [3.63, 3.8) is 0 Å². The maximum atomic E-state index is 3.62. The third-order valence-electron chi connectivity index (χ3n) is 2.04. The van der Waals surface area contributed by atoms with Crippen LogP contribution in [-0.2, 0) is 6.42 Å². The van der Waals surface area contributed by atoms with Crippen LogP contribution in [0.2, 0.25) is 0 Å². The predicted octanol–water partition coefficient (Wildman–Crippen LogP) is 3.58. The molecule has 0 aliphatic carbocycles. The first-order chi connectivity index (χ1) is 6.36. The van der Waals surface area contributed by atoms with Crippen LogP contribution in [0, 0.1) is 0 Å². The molecule has 1 rings (SSSR count). The lowest BCUT2D eigenvalue weighted by Crippen LogP contribution is -1.88. The average Bonchev–Trinajstić information content (AvgIpc) is 2.17. The van der Waals surface area contributed by atoms with Crippen molar-refractivity contribution in [1.29, 1.82) is 0 Å². The Morgan fingerprint density at radius 1 is 1.31 bits per heavy atom. The zero-order valence-electron chi connectivity index (χ0n) is 8.22. The van der Waals surface area contributed by atoms with E-state index in [4.69, 9.17) is 0 Å². The molecule has 0 heterocycles. The molecule has 13 heavy (non-hydrogen) atoms. The van der Waals surface area contributed by atoms with Crippen molar-refractivity contribution in [3.8, 4) is 0 Å². The lowest BCUT2D eigenvalue weighted by Gasteiger charge is -2.02. The van der Waals surface area contributed by atoms with Crippen molar-refractivity contribution >= 4 is 5.69 Å². The van der Waals surface area contributed by atoms with Crippen molar-refractivity contribution < 1.29 is 0 Å². The third-order valence-corrected chi connectivity index (χ3v) is 2.04. The van der Waals surface area contributed by atoms with E-state index in [1.165, 1.54) is 24.8 Å². The molecule has 1 nitrogen and oxygen atoms in total. The molecular formula is C12H17N. The van der Waals surface area contributed by atoms with Crippen LogP contribution in [-0.4, -0.2) is 0 Å². The highest BCUT2D eigenvalue weighted by Crippen LogP contribution is 2.11. The first kappa shape index (κ1) is 9.85. The Balaban J connectivity index is 2.53. The second-order valence-electron chi connectivity index (χ2n) is 3.15. The Morgan fingerprint density at radius 3 is 2.54 bits per heavy atom. The van der Waals surface area contributed by atoms with Gasteiger partial charge in [-0.25, -0.2) is 0 Å². The molecule has 0 saturated heterocycles. The highest BCUT2D eigenvalue weighted by molar-refractivity contribution is 5.46. The van der Waals surface area contributed by atoms with E-state index in [2.05, 4.69) is 43.1 Å². The van der Waals surface area contributed by atoms with E-state index in [1.807, 2.05) is 0 Å². The van der Waals surface area contributed by atoms with Gasteiger partial charge in [0, 0.05) is 5.69 Å². The number of rotatable bonds is 5. The Hall–Kier alpha value is -1.24. The van der Waals surface area contributed by atoms with Gasteiger partial charge in [0.05, 0.1) is 0 Å². The fourth-order valence-electron chi connectivity index (χ4n) is 1.27. The molecule has 0 fully saturated rings. The summed E-state index contributed by atoms with van der Waals surface area (Å²) in [6.45, 7) is 5.83. The molecule has 0 aliphatic rings. The van der Waals surface area contributed by atoms with Gasteiger partial charge in [0.25, 0.3) is 0 Å². The van der Waals surface area contributed by atoms with Crippen LogP contribution in [0.1, 0.15) is 25.3 Å². The molecule has 0 bridgehead atoms. The molecule has 0 unspecified atom stereocenters. The minimum Gasteiger partial charge on any atom is -0.362 e. The standard InChI is InChI=1S/C12H17N/c1-3-5-6-11-7-9-12(10-8-11)13-4-2/h4,7-10,13H,2-3,5-6H2,1H3. The first-order valence-corrected chi connectivity index (χ1v) is 4.83. The van der Waals surface area contributed by atoms with Gasteiger partial charge in [-0.2, -0.15) is 0 Å². The number of aryl methyl sites for hydroxylation is 1. The van der Waals surface area contributed by atoms with Crippen LogP contribution < -0.4 is 5.32 Å². The predicted molar refractivity (Wildman–Crippen MR) is 58.9 cm³/mol. The molecule has 0 aromatic heterocycles. The van der Waals surface area contributed by atoms with Gasteiger partial charge in [-0.15, -0.1) is 0 Å². The van der Waals surface area contributed by atoms with Crippen LogP contribution in [0.4, 0.5) is 5.69 Å². The molecule has 1 aromatic carbocycles. The SMILES string of the molecule is C=CNc1ccc(CCCC)cc1. The molecule has 0 atom stereocenters. The normalized spacial score (nSPS) is 9.62. The molecule has 0 spiro atoms. The second-order valence-corrected chi connectivity index (χ2v) is 3.15. The summed E-state index contributed by atoms with van der Waals surface area (Å²) in [5.41, 5.74) is 2.52. The number of hydrogen-bond acceptors (Lipinski definition) is 1. The molecular weight excluding hydrogens is 158 g/mol. The maximum absolute atomic E-state index is 3.62. The van der Waals surface area contributed by atoms with Crippen molar-refractivity contribution in [1.82, 2.24) is 0 Å². The van der Waals surface area contributed by atoms with E-state index in [9.17, 15) is 0 Å². The minimum atomic E-state index is 1.11. The zero-order valence-corrected chi connectivity index (χ0v) is 8.22. The van der Waals surface area contributed by atoms with Gasteiger partial charge in [0.1, 0.15) is 0 Å². The van der Waals surface area contributed by atoms with Gasteiger partial charge < -0.3 is 5.32 Å². The Morgan fingerprint density at radius 2 is 2.00 bits per heavy atom. The Bertz CT molecular complexity index is 248. The summed E-state index contributed by atoms with van der Waals surface area (Å²) in [4.78, 5) is 0. The monoisotopic (exact) mass is 175 g/mol. The van der Waals surface area contributed by atoms with Crippen LogP contribution >= 0.6 is 0 Å². The summed E-state index contributed by atoms with van der Waals surface area (Å²) in [6.07, 6.45) is 5.41. The lowest BCUT2D eigenvalue weighted by molar-refractivity contribution is 0.795. The molecule has 0 aliphatic heterocycles. The van der Waals surface area contributed by atoms with E-state index in [-0.39, 0.29) is 0 Å². The summed E-state index contributed by atoms with van der Waals surface area (Å²) >= 11 is 0. The summed E-state index contributed by atoms with van der Waals surface area (Å²) in [5.74, 6) is 0. The van der Waals surface area contributed by atoms with E-state index in [0.29, 0.717) is 0 Å². The van der Waals surface area contributed by atoms with Gasteiger partial charge in [0.2, 0.25) is 0 Å². The van der Waals surface area contributed by atoms with Crippen LogP contribution in [0.15, 0.2) is 37.0 Å². The highest BCUT2D eigenvalue weighted by Gasteiger charge is 1.92. The average molecular weight is 175 g/mol. The molecule has 1 N–H and O–H groups in total. The van der Waals surface area contributed by atoms with Gasteiger partial charge >= 0.3 is 0 Å². The zero-order chi connectivity index (χ0) is 9.52. The Kier molecular flexibility index (Phi) is 4.10. The number of anilines is 1. The van der Waals surface area contributed by atoms with Crippen LogP contribution in [0.3, 0.4) is 0 Å². The number of unbranched alkanes of at least 4 members (excludes halogenated alkanes) is 1. The van der Waals surface area contributed by atoms with Gasteiger partial charge in [-0.05, 0) is 36.7 Å². The Labute approximate surface area is 80.5 Å². The molecule has 0 saturated carbocycles.